The van der Waals surface area contributed by atoms with Crippen LogP contribution in [0.15, 0.2) is 42.5 Å². The second kappa shape index (κ2) is 9.72. The molecule has 0 spiro atoms. The highest BCUT2D eigenvalue weighted by molar-refractivity contribution is 6.40. The normalized spacial score (nSPS) is 21.0. The summed E-state index contributed by atoms with van der Waals surface area (Å²) in [7, 11) is 25.6. The lowest BCUT2D eigenvalue weighted by molar-refractivity contribution is -0.136. The molecule has 2 saturated heterocycles. The van der Waals surface area contributed by atoms with Crippen molar-refractivity contribution in [2.24, 2.45) is 0 Å². The Kier molecular flexibility index (Phi) is 6.75. The first kappa shape index (κ1) is 25.7. The lowest BCUT2D eigenvalue weighted by Gasteiger charge is -2.42. The van der Waals surface area contributed by atoms with Crippen LogP contribution in [0.3, 0.4) is 0 Å². The molecule has 8 nitrogen and oxygen atoms in total. The van der Waals surface area contributed by atoms with E-state index in [0.29, 0.717) is 54.3 Å². The highest BCUT2D eigenvalue weighted by Gasteiger charge is 2.40. The molecule has 3 heterocycles. The molecule has 2 fully saturated rings. The quantitative estimate of drug-likeness (QED) is 0.446. The number of fused-ring (bicyclic) bond motifs is 1. The van der Waals surface area contributed by atoms with Gasteiger partial charge < -0.3 is 19.3 Å². The van der Waals surface area contributed by atoms with Crippen LogP contribution in [0.5, 0.6) is 5.75 Å². The summed E-state index contributed by atoms with van der Waals surface area (Å²) >= 11 is 0. The summed E-state index contributed by atoms with van der Waals surface area (Å²) in [5.74, 6) is -0.817. The van der Waals surface area contributed by atoms with Gasteiger partial charge in [-0.2, -0.15) is 0 Å². The van der Waals surface area contributed by atoms with E-state index in [1.54, 1.807) is 42.5 Å². The van der Waals surface area contributed by atoms with Crippen molar-refractivity contribution in [1.29, 1.82) is 0 Å². The van der Waals surface area contributed by atoms with Crippen molar-refractivity contribution in [1.82, 2.24) is 15.1 Å². The molecule has 0 saturated carbocycles. The molecule has 8 radical (unpaired) electrons. The summed E-state index contributed by atoms with van der Waals surface area (Å²) in [5, 5.41) is -0.624. The maximum Gasteiger partial charge on any atom is 0.255 e. The largest absolute Gasteiger partial charge is 0.502 e. The van der Waals surface area contributed by atoms with Crippen LogP contribution >= 0.6 is 0 Å². The van der Waals surface area contributed by atoms with Gasteiger partial charge in [-0.05, 0) is 35.0 Å². The minimum Gasteiger partial charge on any atom is -0.502 e. The number of imide groups is 1. The number of piperidine rings is 1. The number of nitrogens with one attached hydrogen (secondary N) is 1. The van der Waals surface area contributed by atoms with Crippen LogP contribution in [0.1, 0.15) is 39.9 Å². The zero-order valence-electron chi connectivity index (χ0n) is 20.3. The highest BCUT2D eigenvalue weighted by atomic mass is 16.5. The smallest absolute Gasteiger partial charge is 0.255 e. The molecular formula is C25H23B4N3O5. The Balaban J connectivity index is 1.34. The Morgan fingerprint density at radius 3 is 2.30 bits per heavy atom. The summed E-state index contributed by atoms with van der Waals surface area (Å²) < 4.78 is 11.4. The molecule has 37 heavy (non-hydrogen) atoms. The van der Waals surface area contributed by atoms with Crippen LogP contribution in [-0.4, -0.2) is 91.3 Å². The molecule has 3 aliphatic heterocycles. The Morgan fingerprint density at radius 1 is 0.946 bits per heavy atom. The van der Waals surface area contributed by atoms with Crippen LogP contribution in [0.2, 0.25) is 0 Å². The molecule has 1 unspecified atom stereocenters. The monoisotopic (exact) mass is 489 g/mol. The SMILES string of the molecule is [B]C([B])(Oc1cccc2c1CN(C1CCC(=O)NC1=O)C2=O)c1ccc(C([B])([B])N2CCOCC2)cc1. The summed E-state index contributed by atoms with van der Waals surface area (Å²) in [5.41, 5.74) is 2.12. The molecule has 12 heteroatoms. The van der Waals surface area contributed by atoms with Gasteiger partial charge in [-0.3, -0.25) is 19.7 Å². The van der Waals surface area contributed by atoms with Crippen molar-refractivity contribution in [3.8, 4) is 5.75 Å². The van der Waals surface area contributed by atoms with Gasteiger partial charge in [-0.1, -0.05) is 30.3 Å². The van der Waals surface area contributed by atoms with E-state index >= 15 is 0 Å². The molecule has 5 rings (SSSR count). The lowest BCUT2D eigenvalue weighted by Crippen LogP contribution is -2.52. The Morgan fingerprint density at radius 2 is 1.62 bits per heavy atom. The fourth-order valence-electron chi connectivity index (χ4n) is 5.01. The number of hydrogen-bond donors (Lipinski definition) is 1. The fraction of sp³-hybridized carbons (Fsp3) is 0.400. The maximum atomic E-state index is 13.1. The van der Waals surface area contributed by atoms with E-state index in [9.17, 15) is 14.4 Å². The number of nitrogens with zero attached hydrogens (tertiary/aromatic N) is 2. The number of benzene rings is 2. The zero-order valence-corrected chi connectivity index (χ0v) is 20.3. The predicted molar refractivity (Wildman–Crippen MR) is 138 cm³/mol. The van der Waals surface area contributed by atoms with Crippen LogP contribution in [0, 0.1) is 0 Å². The molecule has 2 aromatic rings. The minimum absolute atomic E-state index is 0.133. The minimum atomic E-state index is -1.73. The fourth-order valence-corrected chi connectivity index (χ4v) is 5.01. The molecule has 0 aliphatic carbocycles. The van der Waals surface area contributed by atoms with Crippen molar-refractivity contribution in [2.75, 3.05) is 26.3 Å². The second-order valence-corrected chi connectivity index (χ2v) is 9.58. The maximum absolute atomic E-state index is 13.1. The molecule has 3 amide bonds. The van der Waals surface area contributed by atoms with Gasteiger partial charge in [0.15, 0.2) is 0 Å². The van der Waals surface area contributed by atoms with Crippen molar-refractivity contribution in [2.45, 2.75) is 36.2 Å². The van der Waals surface area contributed by atoms with E-state index in [4.69, 9.17) is 40.9 Å². The van der Waals surface area contributed by atoms with E-state index in [-0.39, 0.29) is 31.2 Å². The number of carbonyl (C=O) groups is 3. The molecule has 1 N–H and O–H groups in total. The van der Waals surface area contributed by atoms with Gasteiger partial charge in [0.05, 0.1) is 35.5 Å². The Labute approximate surface area is 221 Å². The van der Waals surface area contributed by atoms with Gasteiger partial charge in [0, 0.05) is 36.0 Å². The first-order valence-corrected chi connectivity index (χ1v) is 12.1. The molecule has 2 aromatic carbocycles. The van der Waals surface area contributed by atoms with E-state index < -0.39 is 22.7 Å². The summed E-state index contributed by atoms with van der Waals surface area (Å²) in [6.07, 6.45) is 0.432. The van der Waals surface area contributed by atoms with Crippen LogP contribution in [0.25, 0.3) is 0 Å². The Bertz CT molecular complexity index is 1230. The van der Waals surface area contributed by atoms with Crippen LogP contribution in [0.4, 0.5) is 0 Å². The number of ether oxygens (including phenoxy) is 2. The average molecular weight is 489 g/mol. The van der Waals surface area contributed by atoms with Crippen molar-refractivity contribution >= 4 is 49.1 Å². The number of morpholine rings is 1. The zero-order chi connectivity index (χ0) is 26.4. The van der Waals surface area contributed by atoms with Crippen molar-refractivity contribution < 1.29 is 23.9 Å². The molecule has 0 aromatic heterocycles. The Hall–Kier alpha value is -2.97. The number of carbonyl (C=O) groups excluding carboxylic acids is 3. The third-order valence-corrected chi connectivity index (χ3v) is 7.15. The molecular weight excluding hydrogens is 466 g/mol. The van der Waals surface area contributed by atoms with Gasteiger partial charge in [0.2, 0.25) is 11.8 Å². The van der Waals surface area contributed by atoms with Crippen LogP contribution in [-0.2, 0) is 31.6 Å². The predicted octanol–water partition coefficient (Wildman–Crippen LogP) is -0.247. The third kappa shape index (κ3) is 4.84. The first-order chi connectivity index (χ1) is 17.6. The van der Waals surface area contributed by atoms with Crippen molar-refractivity contribution in [3.05, 3.63) is 64.7 Å². The average Bonchev–Trinajstić information content (AvgIpc) is 3.21. The van der Waals surface area contributed by atoms with Gasteiger partial charge in [-0.15, -0.1) is 0 Å². The van der Waals surface area contributed by atoms with Gasteiger partial charge in [-0.25, -0.2) is 0 Å². The number of rotatable bonds is 6. The van der Waals surface area contributed by atoms with E-state index in [2.05, 4.69) is 5.32 Å². The van der Waals surface area contributed by atoms with Gasteiger partial charge >= 0.3 is 0 Å². The first-order valence-electron chi connectivity index (χ1n) is 12.1. The second-order valence-electron chi connectivity index (χ2n) is 9.58. The van der Waals surface area contributed by atoms with Gasteiger partial charge in [0.25, 0.3) is 5.91 Å². The number of amides is 3. The summed E-state index contributed by atoms with van der Waals surface area (Å²) in [6.45, 7) is 2.48. The van der Waals surface area contributed by atoms with E-state index in [1.165, 1.54) is 4.90 Å². The third-order valence-electron chi connectivity index (χ3n) is 7.15. The molecule has 3 aliphatic rings. The van der Waals surface area contributed by atoms with Crippen molar-refractivity contribution in [3.63, 3.8) is 0 Å². The topological polar surface area (TPSA) is 88.2 Å². The van der Waals surface area contributed by atoms with Crippen LogP contribution < -0.4 is 10.1 Å². The standard InChI is InChI=1S/C25H23B4N3O5/c26-24(27,31-10-12-36-13-11-31)15-4-6-16(7-5-15)25(28,29)37-20-3-1-2-17-18(20)14-32(23(17)35)19-8-9-21(33)30-22(19)34/h1-7,19H,8-14H2,(H,30,33,34). The molecule has 180 valence electrons. The van der Waals surface area contributed by atoms with Gasteiger partial charge in [0.1, 0.15) is 27.5 Å². The van der Waals surface area contributed by atoms with E-state index in [1.807, 2.05) is 4.90 Å². The molecule has 1 atom stereocenters. The lowest BCUT2D eigenvalue weighted by atomic mass is 9.56. The molecule has 0 bridgehead atoms. The van der Waals surface area contributed by atoms with E-state index in [0.717, 1.165) is 0 Å². The highest BCUT2D eigenvalue weighted by Crippen LogP contribution is 2.36. The summed E-state index contributed by atoms with van der Waals surface area (Å²) in [4.78, 5) is 40.4. The summed E-state index contributed by atoms with van der Waals surface area (Å²) in [6, 6.07) is 11.2. The number of hydrogen-bond acceptors (Lipinski definition) is 6.